The molecule has 8 nitrogen and oxygen atoms in total. The molecule has 2 amide bonds. The number of nitrogens with one attached hydrogen (secondary N) is 3. The molecule has 3 heterocycles. The number of aromatic nitrogens is 2. The third-order valence-electron chi connectivity index (χ3n) is 5.37. The first-order chi connectivity index (χ1) is 15.7. The molecule has 33 heavy (non-hydrogen) atoms. The second-order valence-electron chi connectivity index (χ2n) is 8.99. The van der Waals surface area contributed by atoms with E-state index in [0.717, 1.165) is 40.1 Å². The number of hydrogen-bond acceptors (Lipinski definition) is 5. The molecule has 0 aliphatic carbocycles. The van der Waals surface area contributed by atoms with Crippen LogP contribution >= 0.6 is 0 Å². The molecule has 1 aromatic carbocycles. The number of ether oxygens (including phenoxy) is 1. The maximum atomic E-state index is 12.3. The van der Waals surface area contributed by atoms with E-state index in [2.05, 4.69) is 32.7 Å². The van der Waals surface area contributed by atoms with Gasteiger partial charge in [0, 0.05) is 48.7 Å². The second-order valence-corrected chi connectivity index (χ2v) is 8.99. The smallest absolute Gasteiger partial charge is 0.410 e. The number of hydrogen-bond donors (Lipinski definition) is 3. The van der Waals surface area contributed by atoms with Crippen LogP contribution in [0.5, 0.6) is 0 Å². The van der Waals surface area contributed by atoms with Crippen LogP contribution in [-0.4, -0.2) is 52.6 Å². The molecule has 0 radical (unpaired) electrons. The maximum Gasteiger partial charge on any atom is 0.410 e. The van der Waals surface area contributed by atoms with E-state index in [0.29, 0.717) is 18.7 Å². The van der Waals surface area contributed by atoms with E-state index >= 15 is 0 Å². The Morgan fingerprint density at radius 2 is 2.00 bits per heavy atom. The minimum Gasteiger partial charge on any atom is -0.444 e. The fourth-order valence-corrected chi connectivity index (χ4v) is 3.75. The van der Waals surface area contributed by atoms with Gasteiger partial charge in [0.1, 0.15) is 11.2 Å². The molecular weight excluding hydrogens is 418 g/mol. The van der Waals surface area contributed by atoms with Crippen LogP contribution in [0, 0.1) is 0 Å². The number of rotatable bonds is 4. The van der Waals surface area contributed by atoms with Crippen LogP contribution in [0.3, 0.4) is 0 Å². The number of benzene rings is 1. The number of carbonyl (C=O) groups is 2. The summed E-state index contributed by atoms with van der Waals surface area (Å²) < 4.78 is 5.48. The molecule has 2 aromatic heterocycles. The largest absolute Gasteiger partial charge is 0.444 e. The standard InChI is InChI=1S/C25H29N5O3/c1-25(2,3)33-24(32)30-12-9-16(10-13-30)21-15-19-20(8-11-27-22(19)29-21)28-18-7-5-6-17(14-18)23(31)26-4/h5-9,11,14-15H,10,12-13H2,1-4H3,(H,26,31)(H2,27,28,29). The van der Waals surface area contributed by atoms with Gasteiger partial charge in [-0.1, -0.05) is 12.1 Å². The van der Waals surface area contributed by atoms with Gasteiger partial charge in [-0.25, -0.2) is 9.78 Å². The monoisotopic (exact) mass is 447 g/mol. The van der Waals surface area contributed by atoms with E-state index in [1.54, 1.807) is 24.2 Å². The lowest BCUT2D eigenvalue weighted by molar-refractivity contribution is 0.0270. The lowest BCUT2D eigenvalue weighted by atomic mass is 10.0. The molecule has 8 heteroatoms. The first-order valence-electron chi connectivity index (χ1n) is 11.0. The van der Waals surface area contributed by atoms with Crippen molar-refractivity contribution >= 4 is 40.0 Å². The summed E-state index contributed by atoms with van der Waals surface area (Å²) in [5.74, 6) is -0.132. The topological polar surface area (TPSA) is 99.4 Å². The number of nitrogens with zero attached hydrogens (tertiary/aromatic N) is 2. The van der Waals surface area contributed by atoms with Crippen LogP contribution in [-0.2, 0) is 4.74 Å². The third-order valence-corrected chi connectivity index (χ3v) is 5.37. The zero-order valence-electron chi connectivity index (χ0n) is 19.4. The van der Waals surface area contributed by atoms with Crippen molar-refractivity contribution in [2.75, 3.05) is 25.5 Å². The average Bonchev–Trinajstić information content (AvgIpc) is 3.23. The predicted molar refractivity (Wildman–Crippen MR) is 130 cm³/mol. The highest BCUT2D eigenvalue weighted by Gasteiger charge is 2.24. The third kappa shape index (κ3) is 5.16. The zero-order chi connectivity index (χ0) is 23.6. The van der Waals surface area contributed by atoms with Crippen LogP contribution in [0.2, 0.25) is 0 Å². The fourth-order valence-electron chi connectivity index (χ4n) is 3.75. The Bertz CT molecular complexity index is 1220. The Labute approximate surface area is 193 Å². The van der Waals surface area contributed by atoms with Gasteiger partial charge in [-0.15, -0.1) is 0 Å². The fraction of sp³-hybridized carbons (Fsp3) is 0.320. The number of amides is 2. The van der Waals surface area contributed by atoms with Crippen molar-refractivity contribution in [3.05, 3.63) is 59.9 Å². The molecule has 1 aliphatic heterocycles. The maximum absolute atomic E-state index is 12.3. The first-order valence-corrected chi connectivity index (χ1v) is 11.0. The predicted octanol–water partition coefficient (Wildman–Crippen LogP) is 4.69. The molecular formula is C25H29N5O3. The van der Waals surface area contributed by atoms with Crippen LogP contribution < -0.4 is 10.6 Å². The minimum absolute atomic E-state index is 0.132. The number of anilines is 2. The van der Waals surface area contributed by atoms with E-state index in [-0.39, 0.29) is 12.0 Å². The van der Waals surface area contributed by atoms with Crippen molar-refractivity contribution in [2.45, 2.75) is 32.8 Å². The van der Waals surface area contributed by atoms with Gasteiger partial charge in [-0.3, -0.25) is 4.79 Å². The van der Waals surface area contributed by atoms with E-state index in [9.17, 15) is 9.59 Å². The highest BCUT2D eigenvalue weighted by Crippen LogP contribution is 2.30. The highest BCUT2D eigenvalue weighted by molar-refractivity contribution is 5.97. The molecule has 4 rings (SSSR count). The number of carbonyl (C=O) groups excluding carboxylic acids is 2. The van der Waals surface area contributed by atoms with E-state index in [4.69, 9.17) is 4.74 Å². The molecule has 0 spiro atoms. The Morgan fingerprint density at radius 1 is 1.18 bits per heavy atom. The molecule has 3 aromatic rings. The van der Waals surface area contributed by atoms with Gasteiger partial charge in [0.15, 0.2) is 0 Å². The quantitative estimate of drug-likeness (QED) is 0.539. The van der Waals surface area contributed by atoms with Crippen LogP contribution in [0.4, 0.5) is 16.2 Å². The summed E-state index contributed by atoms with van der Waals surface area (Å²) in [6.45, 7) is 6.71. The summed E-state index contributed by atoms with van der Waals surface area (Å²) in [6.07, 6.45) is 4.23. The van der Waals surface area contributed by atoms with Gasteiger partial charge in [0.2, 0.25) is 0 Å². The Balaban J connectivity index is 1.54. The summed E-state index contributed by atoms with van der Waals surface area (Å²) in [5, 5.41) is 6.99. The molecule has 0 saturated carbocycles. The lowest BCUT2D eigenvalue weighted by Crippen LogP contribution is -2.39. The number of H-pyrrole nitrogens is 1. The minimum atomic E-state index is -0.507. The van der Waals surface area contributed by atoms with Crippen LogP contribution in [0.25, 0.3) is 16.6 Å². The Hall–Kier alpha value is -3.81. The van der Waals surface area contributed by atoms with Crippen molar-refractivity contribution in [1.82, 2.24) is 20.2 Å². The van der Waals surface area contributed by atoms with Gasteiger partial charge in [-0.05, 0) is 63.1 Å². The first kappa shape index (κ1) is 22.4. The Kier molecular flexibility index (Phi) is 6.09. The molecule has 0 fully saturated rings. The average molecular weight is 448 g/mol. The van der Waals surface area contributed by atoms with Gasteiger partial charge < -0.3 is 25.3 Å². The summed E-state index contributed by atoms with van der Waals surface area (Å²) in [5.41, 5.74) is 4.68. The molecule has 1 aliphatic rings. The van der Waals surface area contributed by atoms with E-state index in [1.807, 2.05) is 45.0 Å². The van der Waals surface area contributed by atoms with E-state index < -0.39 is 5.60 Å². The summed E-state index contributed by atoms with van der Waals surface area (Å²) in [7, 11) is 1.61. The highest BCUT2D eigenvalue weighted by atomic mass is 16.6. The summed E-state index contributed by atoms with van der Waals surface area (Å²) >= 11 is 0. The van der Waals surface area contributed by atoms with Crippen LogP contribution in [0.1, 0.15) is 43.2 Å². The zero-order valence-corrected chi connectivity index (χ0v) is 19.4. The summed E-state index contributed by atoms with van der Waals surface area (Å²) in [6, 6.07) is 11.3. The molecule has 0 atom stereocenters. The van der Waals surface area contributed by atoms with Crippen molar-refractivity contribution in [3.8, 4) is 0 Å². The lowest BCUT2D eigenvalue weighted by Gasteiger charge is -2.29. The SMILES string of the molecule is CNC(=O)c1cccc(Nc2ccnc3[nH]c(C4=CCN(C(=O)OC(C)(C)C)CC4)cc23)c1. The van der Waals surface area contributed by atoms with Crippen LogP contribution in [0.15, 0.2) is 48.7 Å². The normalized spacial score (nSPS) is 14.1. The summed E-state index contributed by atoms with van der Waals surface area (Å²) in [4.78, 5) is 33.8. The Morgan fingerprint density at radius 3 is 2.70 bits per heavy atom. The molecule has 0 saturated heterocycles. The van der Waals surface area contributed by atoms with Gasteiger partial charge in [-0.2, -0.15) is 0 Å². The second kappa shape index (κ2) is 8.97. The molecule has 3 N–H and O–H groups in total. The van der Waals surface area contributed by atoms with Gasteiger partial charge >= 0.3 is 6.09 Å². The van der Waals surface area contributed by atoms with Crippen molar-refractivity contribution in [1.29, 1.82) is 0 Å². The molecule has 0 bridgehead atoms. The van der Waals surface area contributed by atoms with Crippen molar-refractivity contribution < 1.29 is 14.3 Å². The van der Waals surface area contributed by atoms with Gasteiger partial charge in [0.25, 0.3) is 5.91 Å². The molecule has 172 valence electrons. The van der Waals surface area contributed by atoms with Crippen molar-refractivity contribution in [2.24, 2.45) is 0 Å². The molecule has 0 unspecified atom stereocenters. The van der Waals surface area contributed by atoms with Gasteiger partial charge in [0.05, 0.1) is 5.69 Å². The number of fused-ring (bicyclic) bond motifs is 1. The number of pyridine rings is 1. The number of aromatic amines is 1. The van der Waals surface area contributed by atoms with Crippen molar-refractivity contribution in [3.63, 3.8) is 0 Å². The van der Waals surface area contributed by atoms with E-state index in [1.165, 1.54) is 0 Å².